The lowest BCUT2D eigenvalue weighted by molar-refractivity contribution is 0.827. The normalized spacial score (nSPS) is 12.0. The van der Waals surface area contributed by atoms with Crippen molar-refractivity contribution in [2.24, 2.45) is 0 Å². The number of rotatable bonds is 2. The molecule has 45 heavy (non-hydrogen) atoms. The van der Waals surface area contributed by atoms with Crippen LogP contribution in [-0.4, -0.2) is 18.9 Å². The number of hydrogen-bond donors (Lipinski definition) is 0. The summed E-state index contributed by atoms with van der Waals surface area (Å²) < 4.78 is 4.10. The Kier molecular flexibility index (Phi) is 5.65. The van der Waals surface area contributed by atoms with E-state index in [-0.39, 0.29) is 5.56 Å². The van der Waals surface area contributed by atoms with E-state index in [4.69, 9.17) is 9.97 Å². The number of benzene rings is 6. The van der Waals surface area contributed by atoms with Crippen LogP contribution in [0.2, 0.25) is 0 Å². The SMILES string of the molecule is O=c1c2ccccc2c2cccc3nc(-c4ccccc4)n1c32.c1ccc(-c2nc3cccc4c3n2Cc2ccccc2-4)cc1. The first-order valence-corrected chi connectivity index (χ1v) is 15.1. The molecule has 1 aliphatic rings. The Labute approximate surface area is 258 Å². The quantitative estimate of drug-likeness (QED) is 0.193. The van der Waals surface area contributed by atoms with Crippen molar-refractivity contribution in [2.75, 3.05) is 0 Å². The van der Waals surface area contributed by atoms with Gasteiger partial charge in [-0.3, -0.25) is 9.20 Å². The fraction of sp³-hybridized carbons (Fsp3) is 0.0250. The number of hydrogen-bond acceptors (Lipinski definition) is 3. The second-order valence-electron chi connectivity index (χ2n) is 11.4. The van der Waals surface area contributed by atoms with Crippen molar-refractivity contribution >= 4 is 38.2 Å². The van der Waals surface area contributed by atoms with Crippen LogP contribution in [0.4, 0.5) is 0 Å². The van der Waals surface area contributed by atoms with Gasteiger partial charge in [-0.05, 0) is 34.7 Å². The minimum absolute atomic E-state index is 0.0133. The zero-order chi connectivity index (χ0) is 29.9. The molecule has 6 aromatic carbocycles. The van der Waals surface area contributed by atoms with Gasteiger partial charge in [0, 0.05) is 27.5 Å². The first-order chi connectivity index (χ1) is 22.3. The van der Waals surface area contributed by atoms with Crippen LogP contribution in [0, 0.1) is 0 Å². The average molecular weight is 579 g/mol. The molecule has 9 aromatic rings. The van der Waals surface area contributed by atoms with E-state index in [0.717, 1.165) is 50.6 Å². The molecule has 0 amide bonds. The van der Waals surface area contributed by atoms with E-state index in [0.29, 0.717) is 5.82 Å². The van der Waals surface area contributed by atoms with Gasteiger partial charge in [0.05, 0.1) is 28.6 Å². The zero-order valence-corrected chi connectivity index (χ0v) is 24.3. The largest absolute Gasteiger partial charge is 0.319 e. The first-order valence-electron chi connectivity index (χ1n) is 15.1. The monoisotopic (exact) mass is 578 g/mol. The minimum atomic E-state index is -0.0133. The van der Waals surface area contributed by atoms with Gasteiger partial charge in [0.1, 0.15) is 11.6 Å². The molecule has 5 nitrogen and oxygen atoms in total. The Morgan fingerprint density at radius 3 is 1.80 bits per heavy atom. The molecule has 0 fully saturated rings. The van der Waals surface area contributed by atoms with E-state index in [1.165, 1.54) is 27.8 Å². The highest BCUT2D eigenvalue weighted by Gasteiger charge is 2.22. The van der Waals surface area contributed by atoms with Crippen LogP contribution in [0.5, 0.6) is 0 Å². The molecule has 0 saturated carbocycles. The molecule has 0 atom stereocenters. The molecule has 3 aromatic heterocycles. The highest BCUT2D eigenvalue weighted by molar-refractivity contribution is 6.11. The van der Waals surface area contributed by atoms with Crippen LogP contribution in [0.3, 0.4) is 0 Å². The number of para-hydroxylation sites is 2. The molecule has 0 N–H and O–H groups in total. The summed E-state index contributed by atoms with van der Waals surface area (Å²) in [4.78, 5) is 22.7. The lowest BCUT2D eigenvalue weighted by Crippen LogP contribution is -2.14. The van der Waals surface area contributed by atoms with Gasteiger partial charge in [-0.15, -0.1) is 0 Å². The zero-order valence-electron chi connectivity index (χ0n) is 24.3. The molecule has 212 valence electrons. The maximum atomic E-state index is 13.1. The van der Waals surface area contributed by atoms with Crippen LogP contribution in [0.25, 0.3) is 72.1 Å². The number of nitrogens with zero attached hydrogens (tertiary/aromatic N) is 4. The number of aromatic nitrogens is 4. The summed E-state index contributed by atoms with van der Waals surface area (Å²) in [5.74, 6) is 1.75. The summed E-state index contributed by atoms with van der Waals surface area (Å²) in [6, 6.07) is 49.1. The molecular weight excluding hydrogens is 552 g/mol. The average Bonchev–Trinajstić information content (AvgIpc) is 3.69. The third-order valence-corrected chi connectivity index (χ3v) is 8.79. The highest BCUT2D eigenvalue weighted by Crippen LogP contribution is 2.39. The van der Waals surface area contributed by atoms with Gasteiger partial charge in [-0.2, -0.15) is 0 Å². The van der Waals surface area contributed by atoms with Gasteiger partial charge >= 0.3 is 0 Å². The Bertz CT molecular complexity index is 2580. The van der Waals surface area contributed by atoms with Crippen LogP contribution in [0.1, 0.15) is 5.56 Å². The van der Waals surface area contributed by atoms with E-state index in [1.54, 1.807) is 4.40 Å². The maximum Gasteiger partial charge on any atom is 0.264 e. The maximum absolute atomic E-state index is 13.1. The third kappa shape index (κ3) is 3.91. The van der Waals surface area contributed by atoms with Crippen LogP contribution in [-0.2, 0) is 6.54 Å². The lowest BCUT2D eigenvalue weighted by Gasteiger charge is -2.20. The van der Waals surface area contributed by atoms with Crippen molar-refractivity contribution in [3.63, 3.8) is 0 Å². The molecule has 0 unspecified atom stereocenters. The van der Waals surface area contributed by atoms with Crippen molar-refractivity contribution in [2.45, 2.75) is 6.54 Å². The Morgan fingerprint density at radius 2 is 1.02 bits per heavy atom. The van der Waals surface area contributed by atoms with Crippen molar-refractivity contribution in [1.82, 2.24) is 18.9 Å². The summed E-state index contributed by atoms with van der Waals surface area (Å²) in [6.07, 6.45) is 0. The van der Waals surface area contributed by atoms with E-state index >= 15 is 0 Å². The molecule has 5 heteroatoms. The molecule has 1 aliphatic heterocycles. The molecule has 10 rings (SSSR count). The Hall–Kier alpha value is -6.07. The molecular formula is C40H26N4O. The van der Waals surface area contributed by atoms with E-state index in [9.17, 15) is 4.79 Å². The highest BCUT2D eigenvalue weighted by atomic mass is 16.1. The lowest BCUT2D eigenvalue weighted by atomic mass is 9.95. The molecule has 0 saturated heterocycles. The predicted molar refractivity (Wildman–Crippen MR) is 183 cm³/mol. The minimum Gasteiger partial charge on any atom is -0.319 e. The predicted octanol–water partition coefficient (Wildman–Crippen LogP) is 8.84. The Balaban J connectivity index is 0.000000125. The molecule has 0 aliphatic carbocycles. The number of fused-ring (bicyclic) bond motifs is 4. The molecule has 0 bridgehead atoms. The summed E-state index contributed by atoms with van der Waals surface area (Å²) in [6.45, 7) is 0.883. The second kappa shape index (κ2) is 10.00. The van der Waals surface area contributed by atoms with E-state index < -0.39 is 0 Å². The van der Waals surface area contributed by atoms with E-state index in [2.05, 4.69) is 77.4 Å². The summed E-state index contributed by atoms with van der Waals surface area (Å²) in [7, 11) is 0. The van der Waals surface area contributed by atoms with Gasteiger partial charge in [0.2, 0.25) is 0 Å². The van der Waals surface area contributed by atoms with Crippen LogP contribution < -0.4 is 5.56 Å². The summed E-state index contributed by atoms with van der Waals surface area (Å²) >= 11 is 0. The first kappa shape index (κ1) is 25.4. The van der Waals surface area contributed by atoms with Gasteiger partial charge in [0.15, 0.2) is 0 Å². The fourth-order valence-corrected chi connectivity index (χ4v) is 6.80. The molecule has 0 radical (unpaired) electrons. The third-order valence-electron chi connectivity index (χ3n) is 8.79. The van der Waals surface area contributed by atoms with Crippen molar-refractivity contribution in [3.05, 3.63) is 162 Å². The van der Waals surface area contributed by atoms with Gasteiger partial charge in [-0.25, -0.2) is 9.97 Å². The van der Waals surface area contributed by atoms with Crippen molar-refractivity contribution in [3.8, 4) is 33.9 Å². The Morgan fingerprint density at radius 1 is 0.467 bits per heavy atom. The smallest absolute Gasteiger partial charge is 0.264 e. The van der Waals surface area contributed by atoms with Crippen LogP contribution >= 0.6 is 0 Å². The summed E-state index contributed by atoms with van der Waals surface area (Å²) in [5.41, 5.74) is 10.2. The van der Waals surface area contributed by atoms with Gasteiger partial charge in [0.25, 0.3) is 5.56 Å². The van der Waals surface area contributed by atoms with Gasteiger partial charge < -0.3 is 4.57 Å². The second-order valence-corrected chi connectivity index (χ2v) is 11.4. The molecule has 0 spiro atoms. The fourth-order valence-electron chi connectivity index (χ4n) is 6.80. The van der Waals surface area contributed by atoms with Crippen molar-refractivity contribution < 1.29 is 0 Å². The molecule has 4 heterocycles. The standard InChI is InChI=1S/C20H12N2O.C20H14N2/c23-20-16-10-5-4-9-14(16)15-11-6-12-17-18(15)22(20)19(21-17)13-7-2-1-3-8-13;1-2-7-14(8-3-1)20-21-18-12-6-11-17-16-10-5-4-9-15(16)13-22(20)19(17)18/h1-12H;1-12H,13H2. The number of pyridine rings is 1. The van der Waals surface area contributed by atoms with Gasteiger partial charge in [-0.1, -0.05) is 127 Å². The van der Waals surface area contributed by atoms with Crippen molar-refractivity contribution in [1.29, 1.82) is 0 Å². The van der Waals surface area contributed by atoms with Crippen LogP contribution in [0.15, 0.2) is 150 Å². The number of imidazole rings is 2. The topological polar surface area (TPSA) is 52.2 Å². The summed E-state index contributed by atoms with van der Waals surface area (Å²) in [5, 5.41) is 2.77. The van der Waals surface area contributed by atoms with E-state index in [1.807, 2.05) is 72.8 Å².